The molecule has 1 rings (SSSR count). The van der Waals surface area contributed by atoms with E-state index in [1.54, 1.807) is 4.58 Å². The molecule has 1 aliphatic heterocycles. The Hall–Kier alpha value is -0.570. The summed E-state index contributed by atoms with van der Waals surface area (Å²) in [5, 5.41) is 42.2. The monoisotopic (exact) mass is 570 g/mol. The highest BCUT2D eigenvalue weighted by Gasteiger charge is 2.33. The van der Waals surface area contributed by atoms with E-state index in [0.29, 0.717) is 12.6 Å². The number of aliphatic hydroxyl groups excluding tert-OH is 3. The fraction of sp³-hybridized carbons (Fsp3) is 0.970. The molecular formula is C33H69N4O3+. The molecule has 0 amide bonds. The van der Waals surface area contributed by atoms with Crippen LogP contribution in [0.15, 0.2) is 0 Å². The number of nitrogens with zero attached hydrogens (tertiary/aromatic N) is 1. The fourth-order valence-corrected chi connectivity index (χ4v) is 6.10. The van der Waals surface area contributed by atoms with Gasteiger partial charge in [0.15, 0.2) is 6.04 Å². The minimum Gasteiger partial charge on any atom is -0.389 e. The van der Waals surface area contributed by atoms with E-state index in [-0.39, 0.29) is 30.7 Å². The normalized spacial score (nSPS) is 19.6. The lowest BCUT2D eigenvalue weighted by atomic mass is 10.0. The van der Waals surface area contributed by atoms with Gasteiger partial charge < -0.3 is 26.0 Å². The molecule has 1 heterocycles. The van der Waals surface area contributed by atoms with Gasteiger partial charge in [0.25, 0.3) is 6.23 Å². The molecular weight excluding hydrogens is 500 g/mol. The van der Waals surface area contributed by atoms with Crippen molar-refractivity contribution in [1.29, 1.82) is 0 Å². The number of rotatable bonds is 27. The van der Waals surface area contributed by atoms with Crippen molar-refractivity contribution in [3.8, 4) is 0 Å². The molecule has 40 heavy (non-hydrogen) atoms. The summed E-state index contributed by atoms with van der Waals surface area (Å²) in [6.07, 6.45) is 20.9. The van der Waals surface area contributed by atoms with Crippen molar-refractivity contribution < 1.29 is 19.9 Å². The van der Waals surface area contributed by atoms with Gasteiger partial charge in [-0.1, -0.05) is 105 Å². The molecule has 6 N–H and O–H groups in total. The van der Waals surface area contributed by atoms with E-state index in [9.17, 15) is 15.3 Å². The van der Waals surface area contributed by atoms with E-state index in [0.717, 1.165) is 32.2 Å². The summed E-state index contributed by atoms with van der Waals surface area (Å²) in [4.78, 5) is 0. The average Bonchev–Trinajstić information content (AvgIpc) is 3.44. The van der Waals surface area contributed by atoms with Gasteiger partial charge in [-0.05, 0) is 45.1 Å². The number of aliphatic hydroxyl groups is 3. The lowest BCUT2D eigenvalue weighted by molar-refractivity contribution is -0.644. The average molecular weight is 570 g/mol. The summed E-state index contributed by atoms with van der Waals surface area (Å²) in [6.45, 7) is 14.2. The lowest BCUT2D eigenvalue weighted by Gasteiger charge is -2.29. The molecule has 0 aromatic rings. The van der Waals surface area contributed by atoms with Gasteiger partial charge in [0.1, 0.15) is 19.6 Å². The van der Waals surface area contributed by atoms with Crippen LogP contribution in [0.4, 0.5) is 0 Å². The van der Waals surface area contributed by atoms with Gasteiger partial charge in [0.2, 0.25) is 0 Å². The van der Waals surface area contributed by atoms with Gasteiger partial charge in [0, 0.05) is 24.5 Å². The summed E-state index contributed by atoms with van der Waals surface area (Å²) >= 11 is 0. The third kappa shape index (κ3) is 16.8. The van der Waals surface area contributed by atoms with Crippen LogP contribution in [0, 0.1) is 5.92 Å². The quantitative estimate of drug-likeness (QED) is 0.0347. The number of nitrogens with one attached hydrogen (secondary N) is 3. The van der Waals surface area contributed by atoms with Gasteiger partial charge in [0.05, 0.1) is 6.04 Å². The molecule has 1 saturated heterocycles. The molecule has 0 saturated carbocycles. The predicted octanol–water partition coefficient (Wildman–Crippen LogP) is 5.30. The molecule has 0 bridgehead atoms. The summed E-state index contributed by atoms with van der Waals surface area (Å²) in [5.41, 5.74) is 0. The minimum atomic E-state index is -0.787. The highest BCUT2D eigenvalue weighted by molar-refractivity contribution is 5.15. The highest BCUT2D eigenvalue weighted by Crippen LogP contribution is 2.16. The van der Waals surface area contributed by atoms with Crippen LogP contribution < -0.4 is 16.0 Å². The van der Waals surface area contributed by atoms with E-state index in [2.05, 4.69) is 36.5 Å². The molecule has 0 aromatic carbocycles. The Kier molecular flexibility index (Phi) is 22.4. The molecule has 1 fully saturated rings. The van der Waals surface area contributed by atoms with Crippen molar-refractivity contribution in [1.82, 2.24) is 16.0 Å². The first-order chi connectivity index (χ1) is 19.3. The third-order valence-corrected chi connectivity index (χ3v) is 8.89. The second kappa shape index (κ2) is 23.9. The standard InChI is InChI=1S/C33H69N4O3/c1-6-8-9-10-11-12-13-14-15-16-17-18-19-22-32(39)36-29(24-28-21-20-23-34-28)25-35-30(7-2)33(40)37(5)31(26-38)27(3)4/h27-36,38-40H,5-26H2,1-4H3/q+1. The van der Waals surface area contributed by atoms with E-state index in [1.807, 2.05) is 13.8 Å². The third-order valence-electron chi connectivity index (χ3n) is 8.89. The zero-order valence-electron chi connectivity index (χ0n) is 26.9. The van der Waals surface area contributed by atoms with Gasteiger partial charge in [-0.25, -0.2) is 4.58 Å². The van der Waals surface area contributed by atoms with Crippen LogP contribution in [0.3, 0.4) is 0 Å². The van der Waals surface area contributed by atoms with Crippen LogP contribution in [-0.4, -0.2) is 82.9 Å². The summed E-state index contributed by atoms with van der Waals surface area (Å²) in [7, 11) is 0. The molecule has 6 unspecified atom stereocenters. The SMILES string of the molecule is C=[N+](C(O)C(CC)NCC(CC1CCCN1)NC(O)CCCCCCCCCCCCCCC)C(CO)C(C)C. The number of unbranched alkanes of at least 4 members (excludes halogenated alkanes) is 12. The van der Waals surface area contributed by atoms with Gasteiger partial charge in [-0.2, -0.15) is 0 Å². The summed E-state index contributed by atoms with van der Waals surface area (Å²) in [6, 6.07) is 0.233. The zero-order chi connectivity index (χ0) is 29.6. The second-order valence-electron chi connectivity index (χ2n) is 12.8. The van der Waals surface area contributed by atoms with Crippen molar-refractivity contribution in [3.63, 3.8) is 0 Å². The summed E-state index contributed by atoms with van der Waals surface area (Å²) in [5.74, 6) is 0.192. The van der Waals surface area contributed by atoms with Crippen LogP contribution in [0.5, 0.6) is 0 Å². The first-order valence-electron chi connectivity index (χ1n) is 17.1. The predicted molar refractivity (Wildman–Crippen MR) is 170 cm³/mol. The van der Waals surface area contributed by atoms with Gasteiger partial charge >= 0.3 is 0 Å². The Balaban J connectivity index is 2.36. The molecule has 7 nitrogen and oxygen atoms in total. The molecule has 0 aromatic heterocycles. The van der Waals surface area contributed by atoms with E-state index >= 15 is 0 Å². The van der Waals surface area contributed by atoms with Crippen molar-refractivity contribution in [2.75, 3.05) is 19.7 Å². The molecule has 238 valence electrons. The first kappa shape index (κ1) is 37.5. The molecule has 1 aliphatic rings. The van der Waals surface area contributed by atoms with Crippen molar-refractivity contribution in [3.05, 3.63) is 0 Å². The summed E-state index contributed by atoms with van der Waals surface area (Å²) < 4.78 is 1.65. The molecule has 7 heteroatoms. The lowest BCUT2D eigenvalue weighted by Crippen LogP contribution is -2.54. The van der Waals surface area contributed by atoms with Crippen LogP contribution in [0.1, 0.15) is 143 Å². The number of hydrogen-bond donors (Lipinski definition) is 6. The van der Waals surface area contributed by atoms with Gasteiger partial charge in [-0.15, -0.1) is 0 Å². The van der Waals surface area contributed by atoms with Crippen molar-refractivity contribution in [2.45, 2.75) is 180 Å². The molecule has 0 radical (unpaired) electrons. The topological polar surface area (TPSA) is 99.8 Å². The Morgan fingerprint density at radius 1 is 0.900 bits per heavy atom. The Morgan fingerprint density at radius 2 is 1.48 bits per heavy atom. The fourth-order valence-electron chi connectivity index (χ4n) is 6.10. The van der Waals surface area contributed by atoms with Crippen LogP contribution in [0.2, 0.25) is 0 Å². The van der Waals surface area contributed by atoms with Crippen LogP contribution in [0.25, 0.3) is 0 Å². The maximum atomic E-state index is 11.0. The largest absolute Gasteiger partial charge is 0.389 e. The molecule has 0 aliphatic carbocycles. The van der Waals surface area contributed by atoms with E-state index in [4.69, 9.17) is 0 Å². The minimum absolute atomic E-state index is 0.0302. The maximum Gasteiger partial charge on any atom is 0.270 e. The molecule has 0 spiro atoms. The smallest absolute Gasteiger partial charge is 0.270 e. The van der Waals surface area contributed by atoms with E-state index in [1.165, 1.54) is 89.9 Å². The Labute approximate surface area is 248 Å². The van der Waals surface area contributed by atoms with Crippen LogP contribution >= 0.6 is 0 Å². The van der Waals surface area contributed by atoms with Crippen LogP contribution in [-0.2, 0) is 0 Å². The van der Waals surface area contributed by atoms with E-state index < -0.39 is 12.5 Å². The van der Waals surface area contributed by atoms with Crippen molar-refractivity contribution >= 4 is 6.72 Å². The van der Waals surface area contributed by atoms with Crippen molar-refractivity contribution in [2.24, 2.45) is 5.92 Å². The Morgan fingerprint density at radius 3 is 1.95 bits per heavy atom. The second-order valence-corrected chi connectivity index (χ2v) is 12.8. The van der Waals surface area contributed by atoms with Gasteiger partial charge in [-0.3, -0.25) is 5.32 Å². The first-order valence-corrected chi connectivity index (χ1v) is 17.1. The number of hydrogen-bond acceptors (Lipinski definition) is 6. The zero-order valence-corrected chi connectivity index (χ0v) is 26.9. The molecule has 6 atom stereocenters. The Bertz CT molecular complexity index is 600. The maximum absolute atomic E-state index is 11.0. The highest BCUT2D eigenvalue weighted by atomic mass is 16.3.